The van der Waals surface area contributed by atoms with Crippen molar-refractivity contribution in [1.29, 1.82) is 0 Å². The maximum absolute atomic E-state index is 4.38. The summed E-state index contributed by atoms with van der Waals surface area (Å²) < 4.78 is 0. The fraction of sp³-hybridized carbons (Fsp3) is 0.500. The summed E-state index contributed by atoms with van der Waals surface area (Å²) in [6, 6.07) is 6.80. The van der Waals surface area contributed by atoms with E-state index in [-0.39, 0.29) is 0 Å². The van der Waals surface area contributed by atoms with Gasteiger partial charge in [0.05, 0.1) is 11.0 Å². The Bertz CT molecular complexity index is 510. The van der Waals surface area contributed by atoms with Crippen LogP contribution in [0.1, 0.15) is 50.6 Å². The molecule has 1 unspecified atom stereocenters. The van der Waals surface area contributed by atoms with Gasteiger partial charge in [-0.25, -0.2) is 0 Å². The molecule has 1 heterocycles. The van der Waals surface area contributed by atoms with Crippen LogP contribution in [-0.4, -0.2) is 17.0 Å². The highest BCUT2D eigenvalue weighted by Crippen LogP contribution is 2.22. The second-order valence-corrected chi connectivity index (χ2v) is 5.00. The molecular weight excluding hydrogens is 234 g/mol. The number of benzene rings is 1. The van der Waals surface area contributed by atoms with Crippen LogP contribution in [-0.2, 0) is 0 Å². The maximum Gasteiger partial charge on any atom is 0.0890 e. The molecule has 19 heavy (non-hydrogen) atoms. The van der Waals surface area contributed by atoms with Gasteiger partial charge in [0.15, 0.2) is 0 Å². The van der Waals surface area contributed by atoms with E-state index in [0.717, 1.165) is 11.0 Å². The molecule has 0 fully saturated rings. The summed E-state index contributed by atoms with van der Waals surface area (Å²) >= 11 is 0. The summed E-state index contributed by atoms with van der Waals surface area (Å²) in [7, 11) is 2.03. The highest BCUT2D eigenvalue weighted by Gasteiger charge is 2.09. The van der Waals surface area contributed by atoms with Crippen LogP contribution in [0.25, 0.3) is 11.0 Å². The average molecular weight is 257 g/mol. The van der Waals surface area contributed by atoms with E-state index in [1.54, 1.807) is 12.4 Å². The van der Waals surface area contributed by atoms with Gasteiger partial charge in [0.25, 0.3) is 0 Å². The van der Waals surface area contributed by atoms with E-state index < -0.39 is 0 Å². The predicted octanol–water partition coefficient (Wildman–Crippen LogP) is 3.86. The Hall–Kier alpha value is -1.48. The SMILES string of the molecule is CCCCCCC(NC)c1ccc2nccnc2c1. The molecule has 2 rings (SSSR count). The third kappa shape index (κ3) is 3.74. The summed E-state index contributed by atoms with van der Waals surface area (Å²) in [4.78, 5) is 8.69. The molecule has 3 nitrogen and oxygen atoms in total. The molecule has 1 aromatic carbocycles. The number of hydrogen-bond acceptors (Lipinski definition) is 3. The van der Waals surface area contributed by atoms with E-state index in [4.69, 9.17) is 0 Å². The van der Waals surface area contributed by atoms with Gasteiger partial charge >= 0.3 is 0 Å². The largest absolute Gasteiger partial charge is 0.313 e. The lowest BCUT2D eigenvalue weighted by atomic mass is 9.99. The number of unbranched alkanes of at least 4 members (excludes halogenated alkanes) is 3. The van der Waals surface area contributed by atoms with Crippen LogP contribution < -0.4 is 5.32 Å². The van der Waals surface area contributed by atoms with E-state index in [9.17, 15) is 0 Å². The number of nitrogens with one attached hydrogen (secondary N) is 1. The molecule has 0 bridgehead atoms. The molecule has 1 atom stereocenters. The zero-order valence-corrected chi connectivity index (χ0v) is 11.9. The van der Waals surface area contributed by atoms with Crippen LogP contribution in [0.4, 0.5) is 0 Å². The Morgan fingerprint density at radius 2 is 1.84 bits per heavy atom. The average Bonchev–Trinajstić information content (AvgIpc) is 2.47. The third-order valence-corrected chi connectivity index (χ3v) is 3.59. The first kappa shape index (κ1) is 13.9. The van der Waals surface area contributed by atoms with Crippen molar-refractivity contribution in [2.75, 3.05) is 7.05 Å². The van der Waals surface area contributed by atoms with E-state index in [1.807, 2.05) is 7.05 Å². The summed E-state index contributed by atoms with van der Waals surface area (Å²) in [6.07, 6.45) is 9.89. The molecular formula is C16H23N3. The standard InChI is InChI=1S/C16H23N3/c1-3-4-5-6-7-14(17-2)13-8-9-15-16(12-13)19-11-10-18-15/h8-12,14,17H,3-7H2,1-2H3. The lowest BCUT2D eigenvalue weighted by molar-refractivity contribution is 0.505. The number of fused-ring (bicyclic) bond motifs is 1. The van der Waals surface area contributed by atoms with E-state index in [0.29, 0.717) is 6.04 Å². The predicted molar refractivity (Wildman–Crippen MR) is 80.1 cm³/mol. The van der Waals surface area contributed by atoms with Crippen LogP contribution in [0.3, 0.4) is 0 Å². The molecule has 0 radical (unpaired) electrons. The Kier molecular flexibility index (Phi) is 5.28. The molecule has 0 aliphatic carbocycles. The molecule has 0 aliphatic rings. The fourth-order valence-electron chi connectivity index (χ4n) is 2.45. The zero-order chi connectivity index (χ0) is 13.5. The van der Waals surface area contributed by atoms with Crippen molar-refractivity contribution in [2.24, 2.45) is 0 Å². The molecule has 0 spiro atoms. The quantitative estimate of drug-likeness (QED) is 0.765. The molecule has 2 aromatic rings. The van der Waals surface area contributed by atoms with Crippen LogP contribution in [0.5, 0.6) is 0 Å². The Balaban J connectivity index is 2.07. The normalized spacial score (nSPS) is 12.7. The first-order chi connectivity index (χ1) is 9.35. The van der Waals surface area contributed by atoms with Crippen molar-refractivity contribution in [2.45, 2.75) is 45.1 Å². The smallest absolute Gasteiger partial charge is 0.0890 e. The van der Waals surface area contributed by atoms with Crippen LogP contribution >= 0.6 is 0 Å². The first-order valence-electron chi connectivity index (χ1n) is 7.23. The Morgan fingerprint density at radius 1 is 1.05 bits per heavy atom. The second kappa shape index (κ2) is 7.19. The van der Waals surface area contributed by atoms with Crippen LogP contribution in [0.15, 0.2) is 30.6 Å². The van der Waals surface area contributed by atoms with Crippen LogP contribution in [0.2, 0.25) is 0 Å². The van der Waals surface area contributed by atoms with Crippen molar-refractivity contribution in [3.05, 3.63) is 36.2 Å². The van der Waals surface area contributed by atoms with Crippen molar-refractivity contribution < 1.29 is 0 Å². The topological polar surface area (TPSA) is 37.8 Å². The van der Waals surface area contributed by atoms with Gasteiger partial charge in [-0.2, -0.15) is 0 Å². The van der Waals surface area contributed by atoms with Gasteiger partial charge in [-0.05, 0) is 31.2 Å². The summed E-state index contributed by atoms with van der Waals surface area (Å²) in [5, 5.41) is 3.41. The minimum Gasteiger partial charge on any atom is -0.313 e. The fourth-order valence-corrected chi connectivity index (χ4v) is 2.45. The molecule has 1 aromatic heterocycles. The molecule has 0 saturated carbocycles. The zero-order valence-electron chi connectivity index (χ0n) is 11.9. The highest BCUT2D eigenvalue weighted by molar-refractivity contribution is 5.74. The van der Waals surface area contributed by atoms with E-state index >= 15 is 0 Å². The van der Waals surface area contributed by atoms with Crippen LogP contribution in [0, 0.1) is 0 Å². The summed E-state index contributed by atoms with van der Waals surface area (Å²) in [5.74, 6) is 0. The van der Waals surface area contributed by atoms with Crippen molar-refractivity contribution in [1.82, 2.24) is 15.3 Å². The van der Waals surface area contributed by atoms with E-state index in [2.05, 4.69) is 40.4 Å². The Morgan fingerprint density at radius 3 is 2.58 bits per heavy atom. The number of hydrogen-bond donors (Lipinski definition) is 1. The summed E-state index contributed by atoms with van der Waals surface area (Å²) in [6.45, 7) is 2.25. The monoisotopic (exact) mass is 257 g/mol. The maximum atomic E-state index is 4.38. The molecule has 102 valence electrons. The van der Waals surface area contributed by atoms with Gasteiger partial charge in [0, 0.05) is 18.4 Å². The number of aromatic nitrogens is 2. The van der Waals surface area contributed by atoms with Gasteiger partial charge in [-0.1, -0.05) is 38.7 Å². The lowest BCUT2D eigenvalue weighted by Gasteiger charge is -2.16. The van der Waals surface area contributed by atoms with E-state index in [1.165, 1.54) is 37.7 Å². The van der Waals surface area contributed by atoms with Gasteiger partial charge < -0.3 is 5.32 Å². The van der Waals surface area contributed by atoms with Crippen molar-refractivity contribution >= 4 is 11.0 Å². The molecule has 3 heteroatoms. The first-order valence-corrected chi connectivity index (χ1v) is 7.23. The summed E-state index contributed by atoms with van der Waals surface area (Å²) in [5.41, 5.74) is 3.26. The minimum atomic E-state index is 0.420. The molecule has 0 aliphatic heterocycles. The number of nitrogens with zero attached hydrogens (tertiary/aromatic N) is 2. The lowest BCUT2D eigenvalue weighted by Crippen LogP contribution is -2.16. The van der Waals surface area contributed by atoms with Gasteiger partial charge in [0.1, 0.15) is 0 Å². The molecule has 1 N–H and O–H groups in total. The third-order valence-electron chi connectivity index (χ3n) is 3.59. The van der Waals surface area contributed by atoms with Gasteiger partial charge in [0.2, 0.25) is 0 Å². The van der Waals surface area contributed by atoms with Crippen molar-refractivity contribution in [3.8, 4) is 0 Å². The molecule has 0 amide bonds. The molecule has 0 saturated heterocycles. The highest BCUT2D eigenvalue weighted by atomic mass is 14.9. The number of rotatable bonds is 7. The van der Waals surface area contributed by atoms with Gasteiger partial charge in [-0.15, -0.1) is 0 Å². The van der Waals surface area contributed by atoms with Gasteiger partial charge in [-0.3, -0.25) is 9.97 Å². The Labute approximate surface area is 115 Å². The van der Waals surface area contributed by atoms with Crippen molar-refractivity contribution in [3.63, 3.8) is 0 Å². The minimum absolute atomic E-state index is 0.420. The second-order valence-electron chi connectivity index (χ2n) is 5.00.